The maximum absolute atomic E-state index is 5.19. The van der Waals surface area contributed by atoms with Crippen LogP contribution in [0.3, 0.4) is 0 Å². The van der Waals surface area contributed by atoms with Gasteiger partial charge < -0.3 is 0 Å². The largest absolute Gasteiger partial charge is 0.120 e. The summed E-state index contributed by atoms with van der Waals surface area (Å²) < 4.78 is 0. The molecule has 0 aliphatic carbocycles. The maximum atomic E-state index is 5.19. The van der Waals surface area contributed by atoms with E-state index in [4.69, 9.17) is 6.42 Å². The zero-order valence-electron chi connectivity index (χ0n) is 5.65. The molecule has 0 aliphatic heterocycles. The second-order valence-electron chi connectivity index (χ2n) is 2.16. The Bertz CT molecular complexity index is 84.7. The molecule has 0 amide bonds. The number of hydrogen-bond donors (Lipinski definition) is 0. The molecule has 8 heavy (non-hydrogen) atoms. The van der Waals surface area contributed by atoms with E-state index in [1.54, 1.807) is 0 Å². The fourth-order valence-corrected chi connectivity index (χ4v) is 0.684. The molecule has 2 atom stereocenters. The van der Waals surface area contributed by atoms with E-state index >= 15 is 0 Å². The van der Waals surface area contributed by atoms with Crippen LogP contribution in [0.1, 0.15) is 20.3 Å². The summed E-state index contributed by atoms with van der Waals surface area (Å²) in [5.41, 5.74) is 0. The van der Waals surface area contributed by atoms with Crippen LogP contribution in [-0.2, 0) is 0 Å². The molecule has 0 aromatic carbocycles. The van der Waals surface area contributed by atoms with Crippen LogP contribution in [0, 0.1) is 31.1 Å². The van der Waals surface area contributed by atoms with Crippen molar-refractivity contribution in [1.82, 2.24) is 0 Å². The molecule has 0 bridgehead atoms. The minimum absolute atomic E-state index is 0.370. The van der Waals surface area contributed by atoms with Gasteiger partial charge >= 0.3 is 0 Å². The third-order valence-corrected chi connectivity index (χ3v) is 1.34. The van der Waals surface area contributed by atoms with E-state index in [0.29, 0.717) is 11.8 Å². The van der Waals surface area contributed by atoms with E-state index in [9.17, 15) is 0 Å². The summed E-state index contributed by atoms with van der Waals surface area (Å²) in [4.78, 5) is 0. The molecule has 0 aromatic rings. The van der Waals surface area contributed by atoms with Crippen molar-refractivity contribution in [2.24, 2.45) is 11.8 Å². The summed E-state index contributed by atoms with van der Waals surface area (Å²) in [5, 5.41) is 0. The Kier molecular flexibility index (Phi) is 3.35. The van der Waals surface area contributed by atoms with Crippen molar-refractivity contribution in [3.05, 3.63) is 6.92 Å². The first-order valence-electron chi connectivity index (χ1n) is 3.01. The molecule has 1 radical (unpaired) electrons. The summed E-state index contributed by atoms with van der Waals surface area (Å²) >= 11 is 0. The first kappa shape index (κ1) is 7.56. The van der Waals surface area contributed by atoms with Crippen molar-refractivity contribution < 1.29 is 0 Å². The van der Waals surface area contributed by atoms with Crippen LogP contribution in [0.5, 0.6) is 0 Å². The number of rotatable bonds is 2. The topological polar surface area (TPSA) is 0 Å². The standard InChI is InChI=1S/C8H13/c1-5-8(6-2)7(3)4/h1,7-8H,3,6H2,2,4H3. The van der Waals surface area contributed by atoms with Gasteiger partial charge in [0.05, 0.1) is 0 Å². The van der Waals surface area contributed by atoms with Crippen molar-refractivity contribution in [1.29, 1.82) is 0 Å². The Hall–Kier alpha value is -0.440. The Morgan fingerprint density at radius 1 is 1.75 bits per heavy atom. The van der Waals surface area contributed by atoms with Crippen molar-refractivity contribution >= 4 is 0 Å². The smallest absolute Gasteiger partial charge is 0.0223 e. The third-order valence-electron chi connectivity index (χ3n) is 1.34. The van der Waals surface area contributed by atoms with Gasteiger partial charge in [-0.2, -0.15) is 0 Å². The zero-order valence-corrected chi connectivity index (χ0v) is 5.65. The fraction of sp³-hybridized carbons (Fsp3) is 0.625. The van der Waals surface area contributed by atoms with Gasteiger partial charge in [0, 0.05) is 5.92 Å². The predicted molar refractivity (Wildman–Crippen MR) is 37.1 cm³/mol. The molecule has 0 rings (SSSR count). The molecule has 2 unspecified atom stereocenters. The SMILES string of the molecule is C#CC(CC)C([CH2])C. The van der Waals surface area contributed by atoms with Crippen LogP contribution in [0.15, 0.2) is 0 Å². The van der Waals surface area contributed by atoms with Crippen molar-refractivity contribution in [2.45, 2.75) is 20.3 Å². The van der Waals surface area contributed by atoms with Crippen LogP contribution in [-0.4, -0.2) is 0 Å². The van der Waals surface area contributed by atoms with Gasteiger partial charge in [0.1, 0.15) is 0 Å². The van der Waals surface area contributed by atoms with E-state index < -0.39 is 0 Å². The van der Waals surface area contributed by atoms with Gasteiger partial charge in [-0.15, -0.1) is 12.3 Å². The maximum Gasteiger partial charge on any atom is 0.0223 e. The molecule has 0 heteroatoms. The summed E-state index contributed by atoms with van der Waals surface area (Å²) in [6, 6.07) is 0. The average molecular weight is 109 g/mol. The van der Waals surface area contributed by atoms with E-state index in [-0.39, 0.29) is 0 Å². The molecule has 0 aromatic heterocycles. The molecular weight excluding hydrogens is 96.1 g/mol. The van der Waals surface area contributed by atoms with Crippen LogP contribution < -0.4 is 0 Å². The molecule has 0 fully saturated rings. The summed E-state index contributed by atoms with van der Waals surface area (Å²) in [6.07, 6.45) is 6.24. The second kappa shape index (κ2) is 3.55. The van der Waals surface area contributed by atoms with Crippen LogP contribution in [0.4, 0.5) is 0 Å². The second-order valence-corrected chi connectivity index (χ2v) is 2.16. The highest BCUT2D eigenvalue weighted by Gasteiger charge is 2.04. The molecule has 0 nitrogen and oxygen atoms in total. The Balaban J connectivity index is 3.57. The summed E-state index contributed by atoms with van der Waals surface area (Å²) in [7, 11) is 0. The number of terminal acetylenes is 1. The molecule has 0 heterocycles. The van der Waals surface area contributed by atoms with Crippen molar-refractivity contribution in [2.75, 3.05) is 0 Å². The number of hydrogen-bond acceptors (Lipinski definition) is 0. The molecule has 0 aliphatic rings. The first-order valence-corrected chi connectivity index (χ1v) is 3.01. The highest BCUT2D eigenvalue weighted by Crippen LogP contribution is 2.11. The molecular formula is C8H13. The zero-order chi connectivity index (χ0) is 6.57. The Labute approximate surface area is 52.3 Å². The van der Waals surface area contributed by atoms with Gasteiger partial charge in [0.2, 0.25) is 0 Å². The minimum atomic E-state index is 0.370. The molecule has 0 N–H and O–H groups in total. The van der Waals surface area contributed by atoms with Crippen LogP contribution >= 0.6 is 0 Å². The van der Waals surface area contributed by atoms with Gasteiger partial charge in [-0.05, 0) is 19.3 Å². The van der Waals surface area contributed by atoms with Crippen molar-refractivity contribution in [3.8, 4) is 12.3 Å². The van der Waals surface area contributed by atoms with Crippen LogP contribution in [0.2, 0.25) is 0 Å². The third kappa shape index (κ3) is 2.02. The van der Waals surface area contributed by atoms with Gasteiger partial charge in [0.15, 0.2) is 0 Å². The van der Waals surface area contributed by atoms with E-state index in [1.165, 1.54) is 0 Å². The lowest BCUT2D eigenvalue weighted by atomic mass is 9.95. The summed E-state index contributed by atoms with van der Waals surface area (Å²) in [6.45, 7) is 7.98. The molecule has 0 saturated heterocycles. The van der Waals surface area contributed by atoms with E-state index in [1.807, 2.05) is 6.92 Å². The molecule has 0 spiro atoms. The van der Waals surface area contributed by atoms with E-state index in [0.717, 1.165) is 6.42 Å². The van der Waals surface area contributed by atoms with Crippen molar-refractivity contribution in [3.63, 3.8) is 0 Å². The average Bonchev–Trinajstić information content (AvgIpc) is 1.69. The highest BCUT2D eigenvalue weighted by atomic mass is 14.1. The fourth-order valence-electron chi connectivity index (χ4n) is 0.684. The normalized spacial score (nSPS) is 13.4. The lowest BCUT2D eigenvalue weighted by Gasteiger charge is -2.09. The molecule has 45 valence electrons. The highest BCUT2D eigenvalue weighted by molar-refractivity contribution is 4.95. The van der Waals surface area contributed by atoms with Gasteiger partial charge in [-0.3, -0.25) is 0 Å². The van der Waals surface area contributed by atoms with Gasteiger partial charge in [-0.1, -0.05) is 13.8 Å². The lowest BCUT2D eigenvalue weighted by Crippen LogP contribution is -2.03. The monoisotopic (exact) mass is 109 g/mol. The Morgan fingerprint density at radius 2 is 2.25 bits per heavy atom. The van der Waals surface area contributed by atoms with E-state index in [2.05, 4.69) is 19.8 Å². The van der Waals surface area contributed by atoms with Gasteiger partial charge in [-0.25, -0.2) is 0 Å². The lowest BCUT2D eigenvalue weighted by molar-refractivity contribution is 0.511. The van der Waals surface area contributed by atoms with Crippen LogP contribution in [0.25, 0.3) is 0 Å². The minimum Gasteiger partial charge on any atom is -0.120 e. The quantitative estimate of drug-likeness (QED) is 0.476. The van der Waals surface area contributed by atoms with Gasteiger partial charge in [0.25, 0.3) is 0 Å². The summed E-state index contributed by atoms with van der Waals surface area (Å²) in [5.74, 6) is 3.45. The molecule has 0 saturated carbocycles. The predicted octanol–water partition coefficient (Wildman–Crippen LogP) is 2.12. The first-order chi connectivity index (χ1) is 3.72. The Morgan fingerprint density at radius 3 is 2.25 bits per heavy atom.